The monoisotopic (exact) mass is 318 g/mol. The molecule has 18 heavy (non-hydrogen) atoms. The molecule has 0 aromatic heterocycles. The van der Waals surface area contributed by atoms with Crippen LogP contribution in [-0.4, -0.2) is 23.3 Å². The van der Waals surface area contributed by atoms with E-state index in [0.717, 1.165) is 5.56 Å². The molecule has 1 amide bonds. The molecule has 0 spiro atoms. The minimum atomic E-state index is -0.462. The highest BCUT2D eigenvalue weighted by Crippen LogP contribution is 2.30. The third-order valence-corrected chi connectivity index (χ3v) is 3.20. The number of nitrogens with zero attached hydrogens (tertiary/aromatic N) is 1. The Kier molecular flexibility index (Phi) is 4.84. The first-order chi connectivity index (χ1) is 8.22. The fourth-order valence-electron chi connectivity index (χ4n) is 1.64. The molecule has 100 valence electrons. The van der Waals surface area contributed by atoms with Crippen LogP contribution in [-0.2, 0) is 10.2 Å². The number of hydroxylamine groups is 1. The van der Waals surface area contributed by atoms with Crippen molar-refractivity contribution in [2.45, 2.75) is 25.7 Å². The van der Waals surface area contributed by atoms with Crippen molar-refractivity contribution in [2.75, 3.05) is 7.05 Å². The summed E-state index contributed by atoms with van der Waals surface area (Å²) in [6.07, 6.45) is 0.177. The Hall–Kier alpha value is -0.980. The summed E-state index contributed by atoms with van der Waals surface area (Å²) in [5.41, 5.74) is 2.64. The molecule has 4 nitrogen and oxygen atoms in total. The van der Waals surface area contributed by atoms with Gasteiger partial charge in [0.15, 0.2) is 0 Å². The van der Waals surface area contributed by atoms with Gasteiger partial charge in [0, 0.05) is 13.5 Å². The van der Waals surface area contributed by atoms with Crippen LogP contribution in [0.15, 0.2) is 22.7 Å². The van der Waals surface area contributed by atoms with Gasteiger partial charge < -0.3 is 0 Å². The molecule has 0 unspecified atom stereocenters. The van der Waals surface area contributed by atoms with E-state index in [0.29, 0.717) is 9.64 Å². The Bertz CT molecular complexity index is 450. The molecule has 0 saturated heterocycles. The van der Waals surface area contributed by atoms with Gasteiger partial charge in [-0.2, -0.15) is 0 Å². The van der Waals surface area contributed by atoms with E-state index in [1.54, 1.807) is 12.1 Å². The summed E-state index contributed by atoms with van der Waals surface area (Å²) in [7, 11) is 1.32. The van der Waals surface area contributed by atoms with Gasteiger partial charge in [0.1, 0.15) is 5.82 Å². The molecule has 0 bridgehead atoms. The van der Waals surface area contributed by atoms with Crippen molar-refractivity contribution in [2.24, 2.45) is 0 Å². The number of rotatable bonds is 4. The van der Waals surface area contributed by atoms with Crippen LogP contribution in [0.1, 0.15) is 25.8 Å². The lowest BCUT2D eigenvalue weighted by atomic mass is 9.81. The molecule has 0 aliphatic carbocycles. The number of nitrogens with one attached hydrogen (secondary N) is 1. The molecule has 1 aromatic rings. The zero-order chi connectivity index (χ0) is 13.9. The molecule has 6 heteroatoms. The van der Waals surface area contributed by atoms with Crippen molar-refractivity contribution >= 4 is 21.8 Å². The highest BCUT2D eigenvalue weighted by Gasteiger charge is 2.25. The number of hydrogen-bond acceptors (Lipinski definition) is 3. The van der Waals surface area contributed by atoms with Gasteiger partial charge in [0.05, 0.1) is 4.47 Å². The lowest BCUT2D eigenvalue weighted by Gasteiger charge is -2.25. The van der Waals surface area contributed by atoms with E-state index in [4.69, 9.17) is 5.21 Å². The van der Waals surface area contributed by atoms with Gasteiger partial charge in [-0.05, 0) is 39.0 Å². The number of benzene rings is 1. The van der Waals surface area contributed by atoms with Gasteiger partial charge in [-0.3, -0.25) is 15.4 Å². The van der Waals surface area contributed by atoms with Crippen LogP contribution in [0.4, 0.5) is 4.39 Å². The number of carbonyl (C=O) groups is 1. The summed E-state index contributed by atoms with van der Waals surface area (Å²) < 4.78 is 13.5. The van der Waals surface area contributed by atoms with E-state index >= 15 is 0 Å². The van der Waals surface area contributed by atoms with Crippen LogP contribution in [0.3, 0.4) is 0 Å². The molecule has 1 aromatic carbocycles. The van der Waals surface area contributed by atoms with E-state index in [9.17, 15) is 9.18 Å². The van der Waals surface area contributed by atoms with Gasteiger partial charge in [0.25, 0.3) is 0 Å². The standard InChI is InChI=1S/C12H16BrFN2O2/c1-12(2,7-11(17)15-16(3)18)8-4-5-10(14)9(13)6-8/h4-6,18H,7H2,1-3H3,(H,15,17). The molecule has 0 radical (unpaired) electrons. The molecule has 0 saturated carbocycles. The number of hydrogen-bond donors (Lipinski definition) is 2. The molecule has 0 fully saturated rings. The summed E-state index contributed by atoms with van der Waals surface area (Å²) >= 11 is 3.12. The SMILES string of the molecule is CN(O)NC(=O)CC(C)(C)c1ccc(F)c(Br)c1. The normalized spacial score (nSPS) is 11.7. The van der Waals surface area contributed by atoms with E-state index in [-0.39, 0.29) is 18.1 Å². The smallest absolute Gasteiger partial charge is 0.236 e. The molecule has 0 heterocycles. The van der Waals surface area contributed by atoms with Gasteiger partial charge >= 0.3 is 0 Å². The zero-order valence-electron chi connectivity index (χ0n) is 10.5. The second-order valence-corrected chi connectivity index (χ2v) is 5.60. The van der Waals surface area contributed by atoms with Crippen molar-refractivity contribution in [3.63, 3.8) is 0 Å². The van der Waals surface area contributed by atoms with Crippen LogP contribution < -0.4 is 5.43 Å². The minimum absolute atomic E-state index is 0.177. The number of halogens is 2. The molecular weight excluding hydrogens is 303 g/mol. The maximum atomic E-state index is 13.2. The van der Waals surface area contributed by atoms with E-state index in [2.05, 4.69) is 21.4 Å². The van der Waals surface area contributed by atoms with Crippen LogP contribution in [0.25, 0.3) is 0 Å². The second kappa shape index (κ2) is 5.77. The van der Waals surface area contributed by atoms with Crippen LogP contribution in [0, 0.1) is 5.82 Å². The quantitative estimate of drug-likeness (QED) is 0.839. The summed E-state index contributed by atoms with van der Waals surface area (Å²) in [6, 6.07) is 4.67. The lowest BCUT2D eigenvalue weighted by Crippen LogP contribution is -2.39. The van der Waals surface area contributed by atoms with Gasteiger partial charge in [-0.15, -0.1) is 5.17 Å². The first kappa shape index (κ1) is 15.1. The molecule has 0 atom stereocenters. The van der Waals surface area contributed by atoms with Crippen molar-refractivity contribution in [3.05, 3.63) is 34.1 Å². The highest BCUT2D eigenvalue weighted by molar-refractivity contribution is 9.10. The predicted molar refractivity (Wildman–Crippen MR) is 69.4 cm³/mol. The Labute approximate surface area is 114 Å². The maximum Gasteiger partial charge on any atom is 0.236 e. The van der Waals surface area contributed by atoms with Crippen LogP contribution in [0.2, 0.25) is 0 Å². The van der Waals surface area contributed by atoms with Crippen LogP contribution in [0.5, 0.6) is 0 Å². The minimum Gasteiger partial charge on any atom is -0.295 e. The number of amides is 1. The fraction of sp³-hybridized carbons (Fsp3) is 0.417. The first-order valence-electron chi connectivity index (χ1n) is 5.40. The third-order valence-electron chi connectivity index (χ3n) is 2.59. The van der Waals surface area contributed by atoms with Gasteiger partial charge in [-0.25, -0.2) is 4.39 Å². The predicted octanol–water partition coefficient (Wildman–Crippen LogP) is 2.61. The Morgan fingerprint density at radius 3 is 2.67 bits per heavy atom. The highest BCUT2D eigenvalue weighted by atomic mass is 79.9. The fourth-order valence-corrected chi connectivity index (χ4v) is 2.02. The molecular formula is C12H16BrFN2O2. The topological polar surface area (TPSA) is 52.6 Å². The first-order valence-corrected chi connectivity index (χ1v) is 6.19. The summed E-state index contributed by atoms with van der Waals surface area (Å²) in [6.45, 7) is 3.76. The van der Waals surface area contributed by atoms with Crippen molar-refractivity contribution in [1.82, 2.24) is 10.6 Å². The summed E-state index contributed by atoms with van der Waals surface area (Å²) in [4.78, 5) is 11.6. The van der Waals surface area contributed by atoms with Gasteiger partial charge in [0.2, 0.25) is 5.91 Å². The Balaban J connectivity index is 2.85. The van der Waals surface area contributed by atoms with E-state index in [1.807, 2.05) is 13.8 Å². The number of hydrazine groups is 1. The average molecular weight is 319 g/mol. The lowest BCUT2D eigenvalue weighted by molar-refractivity contribution is -0.151. The zero-order valence-corrected chi connectivity index (χ0v) is 12.1. The Morgan fingerprint density at radius 1 is 1.56 bits per heavy atom. The molecule has 2 N–H and O–H groups in total. The molecule has 0 aliphatic heterocycles. The third kappa shape index (κ3) is 4.04. The van der Waals surface area contributed by atoms with Crippen LogP contribution >= 0.6 is 15.9 Å². The van der Waals surface area contributed by atoms with Crippen molar-refractivity contribution in [1.29, 1.82) is 0 Å². The molecule has 1 rings (SSSR count). The van der Waals surface area contributed by atoms with Gasteiger partial charge in [-0.1, -0.05) is 19.9 Å². The maximum absolute atomic E-state index is 13.2. The largest absolute Gasteiger partial charge is 0.295 e. The second-order valence-electron chi connectivity index (χ2n) is 4.75. The number of carbonyl (C=O) groups excluding carboxylic acids is 1. The summed E-state index contributed by atoms with van der Waals surface area (Å²) in [5, 5.41) is 9.53. The van der Waals surface area contributed by atoms with Crippen molar-refractivity contribution in [3.8, 4) is 0 Å². The molecule has 0 aliphatic rings. The van der Waals surface area contributed by atoms with E-state index in [1.165, 1.54) is 13.1 Å². The Morgan fingerprint density at radius 2 is 2.17 bits per heavy atom. The van der Waals surface area contributed by atoms with Crippen molar-refractivity contribution < 1.29 is 14.4 Å². The average Bonchev–Trinajstić information content (AvgIpc) is 2.19. The summed E-state index contributed by atoms with van der Waals surface area (Å²) in [5.74, 6) is -0.653. The van der Waals surface area contributed by atoms with E-state index < -0.39 is 5.41 Å².